The van der Waals surface area contributed by atoms with Crippen molar-refractivity contribution in [1.82, 2.24) is 15.3 Å². The molecule has 0 aromatic heterocycles. The normalized spacial score (nSPS) is 16.5. The van der Waals surface area contributed by atoms with Gasteiger partial charge in [0.2, 0.25) is 0 Å². The Bertz CT molecular complexity index is 440. The first kappa shape index (κ1) is 16.5. The van der Waals surface area contributed by atoms with Crippen molar-refractivity contribution >= 4 is 17.9 Å². The van der Waals surface area contributed by atoms with Crippen molar-refractivity contribution < 1.29 is 9.59 Å². The minimum Gasteiger partial charge on any atom is -0.307 e. The van der Waals surface area contributed by atoms with E-state index < -0.39 is 0 Å². The second kappa shape index (κ2) is 7.31. The summed E-state index contributed by atoms with van der Waals surface area (Å²) in [6.07, 6.45) is 2.95. The highest BCUT2D eigenvalue weighted by Gasteiger charge is 2.27. The monoisotopic (exact) mass is 280 g/mol. The number of Topliss-reactive ketones (excluding diaryl/α,β-unsaturated/α-hetero) is 1. The number of aliphatic imine (C=N–C) groups is 1. The van der Waals surface area contributed by atoms with E-state index in [4.69, 9.17) is 0 Å². The first-order chi connectivity index (χ1) is 9.38. The van der Waals surface area contributed by atoms with Crippen LogP contribution in [0.4, 0.5) is 0 Å². The first-order valence-electron chi connectivity index (χ1n) is 6.80. The fourth-order valence-corrected chi connectivity index (χ4v) is 2.35. The van der Waals surface area contributed by atoms with Crippen LogP contribution in [0.5, 0.6) is 0 Å². The SMILES string of the molecule is CNN(C(=O)C1=C(C(C)=O)N=CCC1)C(C)CN(C)C. The van der Waals surface area contributed by atoms with Crippen LogP contribution in [0.2, 0.25) is 0 Å². The Morgan fingerprint density at radius 1 is 1.45 bits per heavy atom. The summed E-state index contributed by atoms with van der Waals surface area (Å²) in [6.45, 7) is 4.14. The molecule has 6 heteroatoms. The third-order valence-electron chi connectivity index (χ3n) is 3.15. The van der Waals surface area contributed by atoms with Gasteiger partial charge < -0.3 is 4.90 Å². The zero-order valence-corrected chi connectivity index (χ0v) is 12.9. The number of nitrogens with one attached hydrogen (secondary N) is 1. The lowest BCUT2D eigenvalue weighted by Crippen LogP contribution is -2.51. The lowest BCUT2D eigenvalue weighted by molar-refractivity contribution is -0.133. The highest BCUT2D eigenvalue weighted by Crippen LogP contribution is 2.20. The number of ketones is 1. The summed E-state index contributed by atoms with van der Waals surface area (Å²) < 4.78 is 0. The predicted octanol–water partition coefficient (Wildman–Crippen LogP) is 0.607. The van der Waals surface area contributed by atoms with Gasteiger partial charge in [0.15, 0.2) is 5.78 Å². The number of likely N-dealkylation sites (N-methyl/N-ethyl adjacent to an activating group) is 1. The van der Waals surface area contributed by atoms with E-state index in [-0.39, 0.29) is 17.7 Å². The number of carbonyl (C=O) groups excluding carboxylic acids is 2. The lowest BCUT2D eigenvalue weighted by Gasteiger charge is -2.31. The quantitative estimate of drug-likeness (QED) is 0.724. The third kappa shape index (κ3) is 3.98. The van der Waals surface area contributed by atoms with Crippen molar-refractivity contribution in [2.75, 3.05) is 27.7 Å². The third-order valence-corrected chi connectivity index (χ3v) is 3.15. The zero-order chi connectivity index (χ0) is 15.3. The molecule has 1 aliphatic rings. The number of nitrogens with zero attached hydrogens (tertiary/aromatic N) is 3. The summed E-state index contributed by atoms with van der Waals surface area (Å²) in [5, 5.41) is 1.57. The Labute approximate surface area is 120 Å². The van der Waals surface area contributed by atoms with E-state index in [0.29, 0.717) is 24.1 Å². The highest BCUT2D eigenvalue weighted by molar-refractivity contribution is 6.06. The van der Waals surface area contributed by atoms with Gasteiger partial charge in [-0.1, -0.05) is 0 Å². The maximum Gasteiger partial charge on any atom is 0.266 e. The number of rotatable bonds is 6. The maximum absolute atomic E-state index is 12.6. The Balaban J connectivity index is 3.00. The van der Waals surface area contributed by atoms with E-state index in [9.17, 15) is 9.59 Å². The van der Waals surface area contributed by atoms with Crippen LogP contribution in [-0.4, -0.2) is 61.5 Å². The van der Waals surface area contributed by atoms with Gasteiger partial charge in [-0.2, -0.15) is 0 Å². The molecule has 112 valence electrons. The molecule has 1 atom stereocenters. The highest BCUT2D eigenvalue weighted by atomic mass is 16.2. The molecule has 0 bridgehead atoms. The lowest BCUT2D eigenvalue weighted by atomic mass is 10.0. The van der Waals surface area contributed by atoms with E-state index in [2.05, 4.69) is 10.4 Å². The van der Waals surface area contributed by atoms with Crippen LogP contribution >= 0.6 is 0 Å². The Morgan fingerprint density at radius 3 is 2.60 bits per heavy atom. The molecule has 1 aliphatic heterocycles. The average Bonchev–Trinajstić information content (AvgIpc) is 2.38. The van der Waals surface area contributed by atoms with E-state index in [1.165, 1.54) is 6.92 Å². The van der Waals surface area contributed by atoms with E-state index in [1.807, 2.05) is 25.9 Å². The summed E-state index contributed by atoms with van der Waals surface area (Å²) in [5.74, 6) is -0.329. The van der Waals surface area contributed by atoms with Gasteiger partial charge in [0.1, 0.15) is 5.70 Å². The topological polar surface area (TPSA) is 65.0 Å². The van der Waals surface area contributed by atoms with E-state index in [1.54, 1.807) is 18.3 Å². The molecule has 20 heavy (non-hydrogen) atoms. The van der Waals surface area contributed by atoms with Gasteiger partial charge in [0.25, 0.3) is 5.91 Å². The van der Waals surface area contributed by atoms with Crippen molar-refractivity contribution in [3.05, 3.63) is 11.3 Å². The van der Waals surface area contributed by atoms with Crippen LogP contribution in [0.15, 0.2) is 16.3 Å². The van der Waals surface area contributed by atoms with Crippen LogP contribution in [0, 0.1) is 0 Å². The van der Waals surface area contributed by atoms with Gasteiger partial charge in [0.05, 0.1) is 6.04 Å². The molecule has 0 aromatic carbocycles. The summed E-state index contributed by atoms with van der Waals surface area (Å²) in [4.78, 5) is 30.3. The van der Waals surface area contributed by atoms with Gasteiger partial charge in [-0.3, -0.25) is 19.6 Å². The van der Waals surface area contributed by atoms with Gasteiger partial charge in [-0.15, -0.1) is 0 Å². The largest absolute Gasteiger partial charge is 0.307 e. The second-order valence-corrected chi connectivity index (χ2v) is 5.24. The zero-order valence-electron chi connectivity index (χ0n) is 12.9. The Kier molecular flexibility index (Phi) is 6.04. The summed E-state index contributed by atoms with van der Waals surface area (Å²) in [7, 11) is 5.63. The van der Waals surface area contributed by atoms with Crippen molar-refractivity contribution in [1.29, 1.82) is 0 Å². The van der Waals surface area contributed by atoms with Gasteiger partial charge in [-0.05, 0) is 33.9 Å². The van der Waals surface area contributed by atoms with Crippen molar-refractivity contribution in [2.24, 2.45) is 4.99 Å². The molecule has 0 saturated carbocycles. The number of hydrazine groups is 1. The number of hydrogen-bond donors (Lipinski definition) is 1. The van der Waals surface area contributed by atoms with Crippen LogP contribution in [0.3, 0.4) is 0 Å². The minimum atomic E-state index is -0.166. The van der Waals surface area contributed by atoms with Crippen molar-refractivity contribution in [3.63, 3.8) is 0 Å². The molecular weight excluding hydrogens is 256 g/mol. The molecule has 1 N–H and O–H groups in total. The molecule has 6 nitrogen and oxygen atoms in total. The molecule has 1 heterocycles. The molecule has 0 radical (unpaired) electrons. The second-order valence-electron chi connectivity index (χ2n) is 5.24. The van der Waals surface area contributed by atoms with Crippen LogP contribution in [0.1, 0.15) is 26.7 Å². The van der Waals surface area contributed by atoms with Gasteiger partial charge in [-0.25, -0.2) is 5.43 Å². The summed E-state index contributed by atoms with van der Waals surface area (Å²) in [6, 6.07) is -0.00545. The fraction of sp³-hybridized carbons (Fsp3) is 0.643. The average molecular weight is 280 g/mol. The van der Waals surface area contributed by atoms with Gasteiger partial charge >= 0.3 is 0 Å². The molecular formula is C14H24N4O2. The smallest absolute Gasteiger partial charge is 0.266 e. The Morgan fingerprint density at radius 2 is 2.10 bits per heavy atom. The van der Waals surface area contributed by atoms with Gasteiger partial charge in [0, 0.05) is 32.3 Å². The summed E-state index contributed by atoms with van der Waals surface area (Å²) >= 11 is 0. The van der Waals surface area contributed by atoms with Crippen LogP contribution in [-0.2, 0) is 9.59 Å². The minimum absolute atomic E-state index is 0.00545. The molecule has 0 saturated heterocycles. The van der Waals surface area contributed by atoms with Crippen molar-refractivity contribution in [2.45, 2.75) is 32.7 Å². The molecule has 0 aromatic rings. The number of hydrogen-bond acceptors (Lipinski definition) is 5. The van der Waals surface area contributed by atoms with E-state index >= 15 is 0 Å². The number of carbonyl (C=O) groups is 2. The molecule has 1 rings (SSSR count). The summed E-state index contributed by atoms with van der Waals surface area (Å²) in [5.41, 5.74) is 3.71. The fourth-order valence-electron chi connectivity index (χ4n) is 2.35. The molecule has 0 aliphatic carbocycles. The van der Waals surface area contributed by atoms with E-state index in [0.717, 1.165) is 6.54 Å². The molecule has 1 unspecified atom stereocenters. The maximum atomic E-state index is 12.6. The standard InChI is InChI=1S/C14H24N4O2/c1-10(9-17(4)5)18(15-3)14(20)12-7-6-8-16-13(12)11(2)19/h8,10,15H,6-7,9H2,1-5H3. The first-order valence-corrected chi connectivity index (χ1v) is 6.80. The molecule has 0 fully saturated rings. The van der Waals surface area contributed by atoms with Crippen LogP contribution in [0.25, 0.3) is 0 Å². The predicted molar refractivity (Wildman–Crippen MR) is 79.4 cm³/mol. The number of allylic oxidation sites excluding steroid dienone is 1. The molecule has 1 amide bonds. The van der Waals surface area contributed by atoms with Crippen LogP contribution < -0.4 is 5.43 Å². The number of amides is 1. The van der Waals surface area contributed by atoms with Crippen molar-refractivity contribution in [3.8, 4) is 0 Å². The molecule has 0 spiro atoms. The Hall–Kier alpha value is -1.53.